The summed E-state index contributed by atoms with van der Waals surface area (Å²) in [5.41, 5.74) is 4.44. The average Bonchev–Trinajstić information content (AvgIpc) is 2.40. The van der Waals surface area contributed by atoms with Crippen molar-refractivity contribution >= 4 is 0 Å². The van der Waals surface area contributed by atoms with Crippen LogP contribution in [0.2, 0.25) is 0 Å². The molecule has 2 heteroatoms. The van der Waals surface area contributed by atoms with E-state index >= 15 is 0 Å². The van der Waals surface area contributed by atoms with E-state index in [9.17, 15) is 0 Å². The highest BCUT2D eigenvalue weighted by Gasteiger charge is 2.05. The number of hydrogen-bond acceptors (Lipinski definition) is 2. The van der Waals surface area contributed by atoms with Crippen molar-refractivity contribution in [3.63, 3.8) is 0 Å². The molecule has 2 aromatic rings. The zero-order valence-electron chi connectivity index (χ0n) is 10.6. The number of nitrogens with zero attached hydrogens (tertiary/aromatic N) is 1. The van der Waals surface area contributed by atoms with Crippen LogP contribution in [0.25, 0.3) is 11.1 Å². The molecule has 0 unspecified atom stereocenters. The van der Waals surface area contributed by atoms with Gasteiger partial charge in [0.25, 0.3) is 0 Å². The number of methoxy groups -OCH3 is 1. The van der Waals surface area contributed by atoms with Gasteiger partial charge in [-0.15, -0.1) is 0 Å². The summed E-state index contributed by atoms with van der Waals surface area (Å²) in [6, 6.07) is 16.5. The Bertz CT molecular complexity index is 579. The van der Waals surface area contributed by atoms with Gasteiger partial charge in [0, 0.05) is 5.56 Å². The molecule has 0 aliphatic rings. The Kier molecular flexibility index (Phi) is 3.64. The molecule has 0 aromatic heterocycles. The first-order valence-electron chi connectivity index (χ1n) is 5.85. The van der Waals surface area contributed by atoms with Gasteiger partial charge in [-0.3, -0.25) is 0 Å². The molecule has 0 saturated heterocycles. The second-order valence-corrected chi connectivity index (χ2v) is 4.23. The summed E-state index contributed by atoms with van der Waals surface area (Å²) in [4.78, 5) is 0. The summed E-state index contributed by atoms with van der Waals surface area (Å²) >= 11 is 0. The summed E-state index contributed by atoms with van der Waals surface area (Å²) < 4.78 is 5.26. The van der Waals surface area contributed by atoms with Gasteiger partial charge in [-0.1, -0.05) is 35.9 Å². The van der Waals surface area contributed by atoms with Gasteiger partial charge >= 0.3 is 0 Å². The van der Waals surface area contributed by atoms with E-state index in [4.69, 9.17) is 10.00 Å². The Morgan fingerprint density at radius 3 is 2.33 bits per heavy atom. The molecule has 0 bridgehead atoms. The molecule has 2 nitrogen and oxygen atoms in total. The average molecular weight is 237 g/mol. The largest absolute Gasteiger partial charge is 0.496 e. The summed E-state index contributed by atoms with van der Waals surface area (Å²) in [7, 11) is 1.63. The van der Waals surface area contributed by atoms with Gasteiger partial charge in [-0.25, -0.2) is 0 Å². The van der Waals surface area contributed by atoms with Crippen molar-refractivity contribution in [3.05, 3.63) is 53.6 Å². The monoisotopic (exact) mass is 237 g/mol. The van der Waals surface area contributed by atoms with Crippen molar-refractivity contribution in [3.8, 4) is 22.9 Å². The zero-order valence-corrected chi connectivity index (χ0v) is 10.6. The lowest BCUT2D eigenvalue weighted by Gasteiger charge is -2.09. The Morgan fingerprint density at radius 1 is 1.06 bits per heavy atom. The van der Waals surface area contributed by atoms with Crippen LogP contribution in [0.5, 0.6) is 5.75 Å². The molecule has 18 heavy (non-hydrogen) atoms. The lowest BCUT2D eigenvalue weighted by atomic mass is 10.0. The summed E-state index contributed by atoms with van der Waals surface area (Å²) in [6.45, 7) is 2.07. The smallest absolute Gasteiger partial charge is 0.123 e. The Morgan fingerprint density at radius 2 is 1.72 bits per heavy atom. The van der Waals surface area contributed by atoms with Crippen molar-refractivity contribution < 1.29 is 4.74 Å². The maximum absolute atomic E-state index is 8.83. The van der Waals surface area contributed by atoms with Gasteiger partial charge in [0.1, 0.15) is 5.75 Å². The fourth-order valence-electron chi connectivity index (χ4n) is 1.93. The van der Waals surface area contributed by atoms with Gasteiger partial charge in [-0.2, -0.15) is 5.26 Å². The number of rotatable bonds is 3. The van der Waals surface area contributed by atoms with E-state index < -0.39 is 0 Å². The van der Waals surface area contributed by atoms with E-state index in [-0.39, 0.29) is 0 Å². The molecule has 0 heterocycles. The third-order valence-electron chi connectivity index (χ3n) is 2.93. The van der Waals surface area contributed by atoms with Gasteiger partial charge in [0.15, 0.2) is 0 Å². The van der Waals surface area contributed by atoms with E-state index in [1.807, 2.05) is 18.2 Å². The van der Waals surface area contributed by atoms with E-state index in [2.05, 4.69) is 37.3 Å². The van der Waals surface area contributed by atoms with Crippen LogP contribution >= 0.6 is 0 Å². The molecule has 0 aliphatic heterocycles. The van der Waals surface area contributed by atoms with Crippen LogP contribution in [0.15, 0.2) is 42.5 Å². The highest BCUT2D eigenvalue weighted by atomic mass is 16.5. The third kappa shape index (κ3) is 2.52. The first-order chi connectivity index (χ1) is 8.74. The minimum absolute atomic E-state index is 0.364. The molecule has 0 radical (unpaired) electrons. The van der Waals surface area contributed by atoms with Crippen LogP contribution in [-0.4, -0.2) is 7.11 Å². The molecular weight excluding hydrogens is 222 g/mol. The summed E-state index contributed by atoms with van der Waals surface area (Å²) in [5.74, 6) is 0.771. The molecule has 90 valence electrons. The number of benzene rings is 2. The molecule has 0 fully saturated rings. The number of hydrogen-bond donors (Lipinski definition) is 0. The lowest BCUT2D eigenvalue weighted by Crippen LogP contribution is -1.92. The number of nitriles is 1. The van der Waals surface area contributed by atoms with Crippen LogP contribution in [0, 0.1) is 18.3 Å². The van der Waals surface area contributed by atoms with Crippen LogP contribution in [0.4, 0.5) is 0 Å². The van der Waals surface area contributed by atoms with Crippen LogP contribution in [0.3, 0.4) is 0 Å². The predicted octanol–water partition coefficient (Wildman–Crippen LogP) is 3.74. The van der Waals surface area contributed by atoms with E-state index in [1.165, 1.54) is 5.56 Å². The van der Waals surface area contributed by atoms with Crippen molar-refractivity contribution in [1.29, 1.82) is 5.26 Å². The minimum Gasteiger partial charge on any atom is -0.496 e. The molecule has 0 atom stereocenters. The van der Waals surface area contributed by atoms with Crippen LogP contribution in [0.1, 0.15) is 11.1 Å². The van der Waals surface area contributed by atoms with Crippen molar-refractivity contribution in [1.82, 2.24) is 0 Å². The van der Waals surface area contributed by atoms with Crippen molar-refractivity contribution in [2.75, 3.05) is 7.11 Å². The fourth-order valence-corrected chi connectivity index (χ4v) is 1.93. The maximum atomic E-state index is 8.83. The molecule has 0 amide bonds. The predicted molar refractivity (Wildman–Crippen MR) is 72.5 cm³/mol. The van der Waals surface area contributed by atoms with E-state index in [0.717, 1.165) is 22.4 Å². The van der Waals surface area contributed by atoms with Crippen LogP contribution < -0.4 is 4.74 Å². The second-order valence-electron chi connectivity index (χ2n) is 4.23. The zero-order chi connectivity index (χ0) is 13.0. The molecule has 0 N–H and O–H groups in total. The molecule has 0 aliphatic carbocycles. The summed E-state index contributed by atoms with van der Waals surface area (Å²) in [6.07, 6.45) is 0.364. The molecule has 2 rings (SSSR count). The second kappa shape index (κ2) is 5.37. The molecular formula is C16H15NO. The first kappa shape index (κ1) is 12.2. The highest BCUT2D eigenvalue weighted by Crippen LogP contribution is 2.27. The fraction of sp³-hybridized carbons (Fsp3) is 0.188. The summed E-state index contributed by atoms with van der Waals surface area (Å²) in [5, 5.41) is 8.83. The normalized spacial score (nSPS) is 9.83. The van der Waals surface area contributed by atoms with Gasteiger partial charge in [0.2, 0.25) is 0 Å². The van der Waals surface area contributed by atoms with Gasteiger partial charge in [-0.05, 0) is 30.2 Å². The first-order valence-corrected chi connectivity index (χ1v) is 5.85. The minimum atomic E-state index is 0.364. The molecule has 2 aromatic carbocycles. The van der Waals surface area contributed by atoms with Gasteiger partial charge in [0.05, 0.1) is 19.6 Å². The van der Waals surface area contributed by atoms with Crippen molar-refractivity contribution in [2.45, 2.75) is 13.3 Å². The maximum Gasteiger partial charge on any atom is 0.123 e. The van der Waals surface area contributed by atoms with E-state index in [1.54, 1.807) is 7.11 Å². The number of ether oxygens (including phenoxy) is 1. The standard InChI is InChI=1S/C16H15NO/c1-12-3-5-13(6-4-12)14-7-8-16(18-2)15(11-14)9-10-17/h3-8,11H,9H2,1-2H3. The van der Waals surface area contributed by atoms with E-state index in [0.29, 0.717) is 6.42 Å². The topological polar surface area (TPSA) is 33.0 Å². The SMILES string of the molecule is COc1ccc(-c2ccc(C)cc2)cc1CC#N. The highest BCUT2D eigenvalue weighted by molar-refractivity contribution is 5.66. The lowest BCUT2D eigenvalue weighted by molar-refractivity contribution is 0.411. The van der Waals surface area contributed by atoms with Crippen LogP contribution in [-0.2, 0) is 6.42 Å². The molecule has 0 spiro atoms. The molecule has 0 saturated carbocycles. The number of aryl methyl sites for hydroxylation is 1. The van der Waals surface area contributed by atoms with Gasteiger partial charge < -0.3 is 4.74 Å². The Hall–Kier alpha value is -2.27. The Balaban J connectivity index is 2.43. The van der Waals surface area contributed by atoms with Crippen molar-refractivity contribution in [2.24, 2.45) is 0 Å². The quantitative estimate of drug-likeness (QED) is 0.814. The third-order valence-corrected chi connectivity index (χ3v) is 2.93. The Labute approximate surface area is 107 Å².